The zero-order valence-electron chi connectivity index (χ0n) is 11.3. The van der Waals surface area contributed by atoms with Crippen molar-refractivity contribution in [1.29, 1.82) is 0 Å². The van der Waals surface area contributed by atoms with Gasteiger partial charge in [-0.3, -0.25) is 4.79 Å². The molecule has 3 unspecified atom stereocenters. The highest BCUT2D eigenvalue weighted by Crippen LogP contribution is 2.08. The van der Waals surface area contributed by atoms with E-state index in [1.807, 2.05) is 13.8 Å². The Kier molecular flexibility index (Phi) is 6.80. The van der Waals surface area contributed by atoms with Gasteiger partial charge >= 0.3 is 5.97 Å². The Morgan fingerprint density at radius 1 is 1.24 bits per heavy atom. The fraction of sp³-hybridized carbons (Fsp3) is 0.833. The first-order valence-electron chi connectivity index (χ1n) is 5.93. The lowest BCUT2D eigenvalue weighted by Crippen LogP contribution is -2.47. The molecular formula is C12H24N2O3. The number of methoxy groups -OCH3 is 1. The molecule has 17 heavy (non-hydrogen) atoms. The number of amides is 1. The summed E-state index contributed by atoms with van der Waals surface area (Å²) in [5, 5.41) is 2.69. The molecule has 5 nitrogen and oxygen atoms in total. The monoisotopic (exact) mass is 244 g/mol. The molecule has 0 spiro atoms. The summed E-state index contributed by atoms with van der Waals surface area (Å²) in [6, 6.07) is -0.832. The van der Waals surface area contributed by atoms with E-state index in [4.69, 9.17) is 5.73 Å². The normalized spacial score (nSPS) is 16.2. The predicted molar refractivity (Wildman–Crippen MR) is 66.2 cm³/mol. The molecule has 0 aromatic rings. The number of hydrogen-bond acceptors (Lipinski definition) is 4. The Morgan fingerprint density at radius 3 is 2.12 bits per heavy atom. The van der Waals surface area contributed by atoms with Gasteiger partial charge in [-0.25, -0.2) is 4.79 Å². The van der Waals surface area contributed by atoms with Gasteiger partial charge < -0.3 is 15.8 Å². The number of ether oxygens (including phenoxy) is 1. The number of rotatable bonds is 6. The van der Waals surface area contributed by atoms with Crippen molar-refractivity contribution in [1.82, 2.24) is 5.32 Å². The summed E-state index contributed by atoms with van der Waals surface area (Å²) in [5.41, 5.74) is 5.65. The van der Waals surface area contributed by atoms with Crippen molar-refractivity contribution in [3.8, 4) is 0 Å². The summed E-state index contributed by atoms with van der Waals surface area (Å²) in [4.78, 5) is 23.3. The van der Waals surface area contributed by atoms with E-state index in [-0.39, 0.29) is 17.9 Å². The average Bonchev–Trinajstić information content (AvgIpc) is 2.24. The summed E-state index contributed by atoms with van der Waals surface area (Å²) < 4.78 is 4.67. The zero-order valence-corrected chi connectivity index (χ0v) is 11.3. The van der Waals surface area contributed by atoms with Gasteiger partial charge in [-0.1, -0.05) is 20.8 Å². The molecule has 3 atom stereocenters. The third-order valence-electron chi connectivity index (χ3n) is 2.71. The SMILES string of the molecule is COC(=O)C(CC(C)C)NC(=O)C(C)C(C)N. The molecule has 3 N–H and O–H groups in total. The lowest BCUT2D eigenvalue weighted by atomic mass is 10.0. The maximum absolute atomic E-state index is 11.8. The number of carbonyl (C=O) groups excluding carboxylic acids is 2. The Bertz CT molecular complexity index is 264. The second kappa shape index (κ2) is 7.27. The molecule has 0 rings (SSSR count). The first-order valence-corrected chi connectivity index (χ1v) is 5.93. The van der Waals surface area contributed by atoms with Crippen LogP contribution in [0.5, 0.6) is 0 Å². The van der Waals surface area contributed by atoms with Crippen LogP contribution in [0.15, 0.2) is 0 Å². The van der Waals surface area contributed by atoms with Gasteiger partial charge in [0.05, 0.1) is 7.11 Å². The number of carbonyl (C=O) groups is 2. The minimum absolute atomic E-state index is 0.212. The lowest BCUT2D eigenvalue weighted by molar-refractivity contribution is -0.146. The molecule has 0 aliphatic rings. The topological polar surface area (TPSA) is 81.4 Å². The molecule has 0 radical (unpaired) electrons. The first kappa shape index (κ1) is 15.9. The van der Waals surface area contributed by atoms with Crippen molar-refractivity contribution in [2.45, 2.75) is 46.2 Å². The molecule has 0 saturated carbocycles. The van der Waals surface area contributed by atoms with Gasteiger partial charge in [0.15, 0.2) is 0 Å². The largest absolute Gasteiger partial charge is 0.467 e. The van der Waals surface area contributed by atoms with E-state index in [1.54, 1.807) is 13.8 Å². The molecule has 0 aliphatic carbocycles. The van der Waals surface area contributed by atoms with Crippen LogP contribution in [0.3, 0.4) is 0 Å². The number of nitrogens with two attached hydrogens (primary N) is 1. The van der Waals surface area contributed by atoms with Crippen LogP contribution in [0.25, 0.3) is 0 Å². The standard InChI is InChI=1S/C12H24N2O3/c1-7(2)6-10(12(16)17-5)14-11(15)8(3)9(4)13/h7-10H,6,13H2,1-5H3,(H,14,15). The van der Waals surface area contributed by atoms with Gasteiger partial charge in [-0.2, -0.15) is 0 Å². The number of nitrogens with one attached hydrogen (secondary N) is 1. The first-order chi connectivity index (χ1) is 7.79. The Hall–Kier alpha value is -1.10. The predicted octanol–water partition coefficient (Wildman–Crippen LogP) is 0.674. The highest BCUT2D eigenvalue weighted by Gasteiger charge is 2.26. The van der Waals surface area contributed by atoms with E-state index in [9.17, 15) is 9.59 Å². The second-order valence-electron chi connectivity index (χ2n) is 4.86. The minimum atomic E-state index is -0.589. The highest BCUT2D eigenvalue weighted by molar-refractivity contribution is 5.85. The van der Waals surface area contributed by atoms with Crippen LogP contribution in [0.2, 0.25) is 0 Å². The van der Waals surface area contributed by atoms with Crippen molar-refractivity contribution in [3.05, 3.63) is 0 Å². The van der Waals surface area contributed by atoms with Crippen LogP contribution in [-0.4, -0.2) is 31.1 Å². The van der Waals surface area contributed by atoms with E-state index >= 15 is 0 Å². The summed E-state index contributed by atoms with van der Waals surface area (Å²) in [6.45, 7) is 7.47. The maximum atomic E-state index is 11.8. The summed E-state index contributed by atoms with van der Waals surface area (Å²) in [6.07, 6.45) is 0.560. The van der Waals surface area contributed by atoms with Crippen molar-refractivity contribution < 1.29 is 14.3 Å². The van der Waals surface area contributed by atoms with Gasteiger partial charge in [0.25, 0.3) is 0 Å². The quantitative estimate of drug-likeness (QED) is 0.673. The molecule has 0 bridgehead atoms. The van der Waals surface area contributed by atoms with E-state index in [0.717, 1.165) is 0 Å². The van der Waals surface area contributed by atoms with Crippen LogP contribution in [-0.2, 0) is 14.3 Å². The van der Waals surface area contributed by atoms with Crippen molar-refractivity contribution in [2.24, 2.45) is 17.6 Å². The molecular weight excluding hydrogens is 220 g/mol. The summed E-state index contributed by atoms with van der Waals surface area (Å²) in [7, 11) is 1.32. The molecule has 0 fully saturated rings. The third kappa shape index (κ3) is 5.68. The summed E-state index contributed by atoms with van der Waals surface area (Å²) in [5.74, 6) is -0.653. The number of hydrogen-bond donors (Lipinski definition) is 2. The molecule has 100 valence electrons. The Balaban J connectivity index is 4.53. The lowest BCUT2D eigenvalue weighted by Gasteiger charge is -2.22. The molecule has 0 aromatic heterocycles. The van der Waals surface area contributed by atoms with E-state index < -0.39 is 12.0 Å². The van der Waals surface area contributed by atoms with Gasteiger partial charge in [-0.05, 0) is 19.3 Å². The van der Waals surface area contributed by atoms with Gasteiger partial charge in [-0.15, -0.1) is 0 Å². The summed E-state index contributed by atoms with van der Waals surface area (Å²) >= 11 is 0. The van der Waals surface area contributed by atoms with Gasteiger partial charge in [0.1, 0.15) is 6.04 Å². The minimum Gasteiger partial charge on any atom is -0.467 e. The van der Waals surface area contributed by atoms with Crippen LogP contribution >= 0.6 is 0 Å². The zero-order chi connectivity index (χ0) is 13.6. The van der Waals surface area contributed by atoms with Gasteiger partial charge in [0, 0.05) is 12.0 Å². The molecule has 0 aromatic carbocycles. The third-order valence-corrected chi connectivity index (χ3v) is 2.71. The Morgan fingerprint density at radius 2 is 1.76 bits per heavy atom. The average molecular weight is 244 g/mol. The second-order valence-corrected chi connectivity index (χ2v) is 4.86. The molecule has 5 heteroatoms. The smallest absolute Gasteiger partial charge is 0.328 e. The molecule has 0 saturated heterocycles. The van der Waals surface area contributed by atoms with Crippen LogP contribution in [0.4, 0.5) is 0 Å². The molecule has 0 heterocycles. The van der Waals surface area contributed by atoms with E-state index in [1.165, 1.54) is 7.11 Å². The van der Waals surface area contributed by atoms with Crippen molar-refractivity contribution >= 4 is 11.9 Å². The van der Waals surface area contributed by atoms with Crippen LogP contribution in [0, 0.1) is 11.8 Å². The van der Waals surface area contributed by atoms with E-state index in [0.29, 0.717) is 12.3 Å². The highest BCUT2D eigenvalue weighted by atomic mass is 16.5. The Labute approximate surface area is 103 Å². The van der Waals surface area contributed by atoms with E-state index in [2.05, 4.69) is 10.1 Å². The fourth-order valence-corrected chi connectivity index (χ4v) is 1.37. The van der Waals surface area contributed by atoms with Gasteiger partial charge in [0.2, 0.25) is 5.91 Å². The maximum Gasteiger partial charge on any atom is 0.328 e. The van der Waals surface area contributed by atoms with Crippen LogP contribution in [0.1, 0.15) is 34.1 Å². The van der Waals surface area contributed by atoms with Crippen LogP contribution < -0.4 is 11.1 Å². The van der Waals surface area contributed by atoms with Crippen molar-refractivity contribution in [3.63, 3.8) is 0 Å². The van der Waals surface area contributed by atoms with Crippen molar-refractivity contribution in [2.75, 3.05) is 7.11 Å². The number of esters is 1. The molecule has 1 amide bonds. The fourth-order valence-electron chi connectivity index (χ4n) is 1.37. The molecule has 0 aliphatic heterocycles.